The van der Waals surface area contributed by atoms with Gasteiger partial charge in [-0.25, -0.2) is 0 Å². The number of anilines is 1. The van der Waals surface area contributed by atoms with Crippen molar-refractivity contribution in [3.05, 3.63) is 59.7 Å². The summed E-state index contributed by atoms with van der Waals surface area (Å²) >= 11 is 0. The summed E-state index contributed by atoms with van der Waals surface area (Å²) in [5, 5.41) is 3.40. The maximum atomic E-state index is 6.02. The van der Waals surface area contributed by atoms with Crippen molar-refractivity contribution < 1.29 is 4.74 Å². The second-order valence-corrected chi connectivity index (χ2v) is 5.66. The van der Waals surface area contributed by atoms with Crippen molar-refractivity contribution in [2.45, 2.75) is 20.0 Å². The minimum absolute atomic E-state index is 0.618. The highest BCUT2D eigenvalue weighted by Crippen LogP contribution is 2.23. The van der Waals surface area contributed by atoms with Crippen molar-refractivity contribution in [1.29, 1.82) is 0 Å². The number of para-hydroxylation sites is 1. The predicted octanol–water partition coefficient (Wildman–Crippen LogP) is 3.24. The van der Waals surface area contributed by atoms with Crippen LogP contribution < -0.4 is 15.0 Å². The van der Waals surface area contributed by atoms with Crippen LogP contribution in [0.1, 0.15) is 18.1 Å². The Labute approximate surface area is 132 Å². The van der Waals surface area contributed by atoms with E-state index in [9.17, 15) is 0 Å². The lowest BCUT2D eigenvalue weighted by molar-refractivity contribution is 0.306. The first kappa shape index (κ1) is 14.9. The van der Waals surface area contributed by atoms with Crippen molar-refractivity contribution in [2.24, 2.45) is 0 Å². The number of rotatable bonds is 5. The molecule has 0 spiro atoms. The van der Waals surface area contributed by atoms with E-state index < -0.39 is 0 Å². The molecule has 116 valence electrons. The van der Waals surface area contributed by atoms with Gasteiger partial charge in [0.15, 0.2) is 0 Å². The summed E-state index contributed by atoms with van der Waals surface area (Å²) in [4.78, 5) is 2.44. The molecule has 3 rings (SSSR count). The van der Waals surface area contributed by atoms with E-state index in [1.54, 1.807) is 0 Å². The van der Waals surface area contributed by atoms with Gasteiger partial charge >= 0.3 is 0 Å². The van der Waals surface area contributed by atoms with Crippen LogP contribution in [0.15, 0.2) is 48.5 Å². The van der Waals surface area contributed by atoms with Crippen molar-refractivity contribution in [1.82, 2.24) is 5.32 Å². The summed E-state index contributed by atoms with van der Waals surface area (Å²) in [6.07, 6.45) is 1.04. The number of hydrogen-bond acceptors (Lipinski definition) is 3. The summed E-state index contributed by atoms with van der Waals surface area (Å²) in [7, 11) is 0. The monoisotopic (exact) mass is 296 g/mol. The van der Waals surface area contributed by atoms with E-state index in [1.165, 1.54) is 16.8 Å². The molecule has 0 aliphatic carbocycles. The maximum absolute atomic E-state index is 6.02. The Hall–Kier alpha value is -2.00. The molecule has 3 nitrogen and oxygen atoms in total. The molecule has 1 saturated heterocycles. The topological polar surface area (TPSA) is 24.5 Å². The van der Waals surface area contributed by atoms with Crippen molar-refractivity contribution in [3.63, 3.8) is 0 Å². The molecule has 22 heavy (non-hydrogen) atoms. The third kappa shape index (κ3) is 3.60. The van der Waals surface area contributed by atoms with Gasteiger partial charge in [0.1, 0.15) is 12.4 Å². The van der Waals surface area contributed by atoms with E-state index in [2.05, 4.69) is 59.6 Å². The Morgan fingerprint density at radius 3 is 2.68 bits per heavy atom. The summed E-state index contributed by atoms with van der Waals surface area (Å²) in [6.45, 7) is 7.00. The second-order valence-electron chi connectivity index (χ2n) is 5.66. The first-order chi connectivity index (χ1) is 10.9. The summed E-state index contributed by atoms with van der Waals surface area (Å²) < 4.78 is 6.02. The largest absolute Gasteiger partial charge is 0.489 e. The zero-order valence-electron chi connectivity index (χ0n) is 13.2. The van der Waals surface area contributed by atoms with Crippen LogP contribution >= 0.6 is 0 Å². The van der Waals surface area contributed by atoms with Crippen LogP contribution in [0.2, 0.25) is 0 Å². The van der Waals surface area contributed by atoms with E-state index >= 15 is 0 Å². The summed E-state index contributed by atoms with van der Waals surface area (Å²) in [5.41, 5.74) is 3.87. The molecule has 3 heteroatoms. The lowest BCUT2D eigenvalue weighted by Crippen LogP contribution is -2.43. The van der Waals surface area contributed by atoms with Crippen LogP contribution in [0.4, 0.5) is 5.69 Å². The van der Waals surface area contributed by atoms with E-state index in [-0.39, 0.29) is 0 Å². The number of hydrogen-bond donors (Lipinski definition) is 1. The van der Waals surface area contributed by atoms with Crippen LogP contribution in [0.3, 0.4) is 0 Å². The molecule has 1 fully saturated rings. The minimum Gasteiger partial charge on any atom is -0.489 e. The average molecular weight is 296 g/mol. The van der Waals surface area contributed by atoms with Gasteiger partial charge in [-0.05, 0) is 30.2 Å². The first-order valence-corrected chi connectivity index (χ1v) is 8.12. The number of benzene rings is 2. The van der Waals surface area contributed by atoms with Gasteiger partial charge in [0, 0.05) is 37.4 Å². The number of nitrogens with one attached hydrogen (secondary N) is 1. The molecule has 0 amide bonds. The third-order valence-corrected chi connectivity index (χ3v) is 4.15. The number of nitrogens with zero attached hydrogens (tertiary/aromatic N) is 1. The quantitative estimate of drug-likeness (QED) is 0.917. The number of aryl methyl sites for hydroxylation is 1. The van der Waals surface area contributed by atoms with E-state index in [0.29, 0.717) is 6.61 Å². The van der Waals surface area contributed by atoms with Crippen molar-refractivity contribution in [2.75, 3.05) is 31.1 Å². The number of ether oxygens (including phenoxy) is 1. The Kier molecular flexibility index (Phi) is 4.96. The Balaban J connectivity index is 1.71. The summed E-state index contributed by atoms with van der Waals surface area (Å²) in [6, 6.07) is 16.9. The second kappa shape index (κ2) is 7.32. The lowest BCUT2D eigenvalue weighted by atomic mass is 10.1. The zero-order chi connectivity index (χ0) is 15.2. The van der Waals surface area contributed by atoms with Gasteiger partial charge in [-0.15, -0.1) is 0 Å². The highest BCUT2D eigenvalue weighted by atomic mass is 16.5. The Morgan fingerprint density at radius 1 is 1.05 bits per heavy atom. The molecule has 0 radical (unpaired) electrons. The van der Waals surface area contributed by atoms with Gasteiger partial charge in [0.2, 0.25) is 0 Å². The fourth-order valence-electron chi connectivity index (χ4n) is 2.86. The minimum atomic E-state index is 0.618. The van der Waals surface area contributed by atoms with Crippen LogP contribution in [-0.2, 0) is 13.0 Å². The maximum Gasteiger partial charge on any atom is 0.120 e. The van der Waals surface area contributed by atoms with Gasteiger partial charge < -0.3 is 15.0 Å². The highest BCUT2D eigenvalue weighted by molar-refractivity contribution is 5.54. The molecule has 0 bridgehead atoms. The SMILES string of the molecule is CCc1cccc(OCc2ccccc2N2CCNCC2)c1. The van der Waals surface area contributed by atoms with Crippen LogP contribution in [0.5, 0.6) is 5.75 Å². The Morgan fingerprint density at radius 2 is 1.86 bits per heavy atom. The van der Waals surface area contributed by atoms with E-state index in [1.807, 2.05) is 6.07 Å². The average Bonchev–Trinajstić information content (AvgIpc) is 2.61. The Bertz CT molecular complexity index is 606. The van der Waals surface area contributed by atoms with Crippen molar-refractivity contribution >= 4 is 5.69 Å². The summed E-state index contributed by atoms with van der Waals surface area (Å²) in [5.74, 6) is 0.953. The fourth-order valence-corrected chi connectivity index (χ4v) is 2.86. The normalized spacial score (nSPS) is 14.9. The molecule has 0 aromatic heterocycles. The molecule has 2 aromatic rings. The smallest absolute Gasteiger partial charge is 0.120 e. The molecule has 2 aromatic carbocycles. The molecule has 0 saturated carbocycles. The molecule has 0 atom stereocenters. The molecule has 1 aliphatic rings. The zero-order valence-corrected chi connectivity index (χ0v) is 13.2. The third-order valence-electron chi connectivity index (χ3n) is 4.15. The van der Waals surface area contributed by atoms with Crippen LogP contribution in [0.25, 0.3) is 0 Å². The standard InChI is InChI=1S/C19H24N2O/c1-2-16-6-5-8-18(14-16)22-15-17-7-3-4-9-19(17)21-12-10-20-11-13-21/h3-9,14,20H,2,10-13,15H2,1H3. The molecule has 1 heterocycles. The van der Waals surface area contributed by atoms with Gasteiger partial charge in [0.25, 0.3) is 0 Å². The van der Waals surface area contributed by atoms with Gasteiger partial charge in [-0.1, -0.05) is 37.3 Å². The molecule has 1 N–H and O–H groups in total. The first-order valence-electron chi connectivity index (χ1n) is 8.12. The van der Waals surface area contributed by atoms with E-state index in [4.69, 9.17) is 4.74 Å². The predicted molar refractivity (Wildman–Crippen MR) is 91.7 cm³/mol. The lowest BCUT2D eigenvalue weighted by Gasteiger charge is -2.31. The van der Waals surface area contributed by atoms with Crippen LogP contribution in [0, 0.1) is 0 Å². The van der Waals surface area contributed by atoms with E-state index in [0.717, 1.165) is 38.3 Å². The molecule has 1 aliphatic heterocycles. The molecular weight excluding hydrogens is 272 g/mol. The molecule has 0 unspecified atom stereocenters. The molecular formula is C19H24N2O. The van der Waals surface area contributed by atoms with Gasteiger partial charge in [0.05, 0.1) is 0 Å². The van der Waals surface area contributed by atoms with Gasteiger partial charge in [-0.2, -0.15) is 0 Å². The van der Waals surface area contributed by atoms with Crippen molar-refractivity contribution in [3.8, 4) is 5.75 Å². The highest BCUT2D eigenvalue weighted by Gasteiger charge is 2.13. The fraction of sp³-hybridized carbons (Fsp3) is 0.368. The van der Waals surface area contributed by atoms with Crippen LogP contribution in [-0.4, -0.2) is 26.2 Å². The number of piperazine rings is 1. The van der Waals surface area contributed by atoms with Gasteiger partial charge in [-0.3, -0.25) is 0 Å².